The summed E-state index contributed by atoms with van der Waals surface area (Å²) in [6.07, 6.45) is 0. The first-order chi connectivity index (χ1) is 9.85. The van der Waals surface area contributed by atoms with Crippen LogP contribution in [0.4, 0.5) is 18.9 Å². The van der Waals surface area contributed by atoms with Crippen molar-refractivity contribution in [3.63, 3.8) is 0 Å². The molecule has 2 aromatic carbocycles. The Balaban J connectivity index is 2.50. The van der Waals surface area contributed by atoms with Gasteiger partial charge in [0.15, 0.2) is 11.6 Å². The molecule has 0 saturated heterocycles. The molecule has 0 saturated carbocycles. The fourth-order valence-electron chi connectivity index (χ4n) is 1.67. The average molecular weight is 316 g/mol. The Morgan fingerprint density at radius 2 is 1.71 bits per heavy atom. The number of nitrogens with two attached hydrogens (primary N) is 1. The van der Waals surface area contributed by atoms with Crippen molar-refractivity contribution in [2.45, 2.75) is 11.4 Å². The molecular formula is C13H11F3N2O2S. The first-order valence-corrected chi connectivity index (χ1v) is 7.29. The molecule has 0 heterocycles. The van der Waals surface area contributed by atoms with Gasteiger partial charge in [0.05, 0.1) is 5.69 Å². The first-order valence-electron chi connectivity index (χ1n) is 5.80. The summed E-state index contributed by atoms with van der Waals surface area (Å²) in [6.45, 7) is -0.167. The van der Waals surface area contributed by atoms with Crippen LogP contribution >= 0.6 is 0 Å². The maximum atomic E-state index is 13.7. The summed E-state index contributed by atoms with van der Waals surface area (Å²) in [5.41, 5.74) is 5.03. The van der Waals surface area contributed by atoms with Gasteiger partial charge < -0.3 is 5.73 Å². The SMILES string of the molecule is NCc1cc(F)c(F)c(S(=O)(=O)Nc2ccccc2F)c1. The Morgan fingerprint density at radius 3 is 2.33 bits per heavy atom. The van der Waals surface area contributed by atoms with Crippen LogP contribution in [0.1, 0.15) is 5.56 Å². The number of hydrogen-bond donors (Lipinski definition) is 2. The topological polar surface area (TPSA) is 72.2 Å². The normalized spacial score (nSPS) is 11.4. The van der Waals surface area contributed by atoms with Crippen LogP contribution in [-0.2, 0) is 16.6 Å². The molecule has 0 aliphatic rings. The molecule has 0 spiro atoms. The van der Waals surface area contributed by atoms with Gasteiger partial charge in [-0.1, -0.05) is 12.1 Å². The third-order valence-corrected chi connectivity index (χ3v) is 4.06. The molecule has 0 amide bonds. The molecule has 21 heavy (non-hydrogen) atoms. The first kappa shape index (κ1) is 15.3. The highest BCUT2D eigenvalue weighted by atomic mass is 32.2. The summed E-state index contributed by atoms with van der Waals surface area (Å²) in [5, 5.41) is 0. The lowest BCUT2D eigenvalue weighted by Crippen LogP contribution is -2.17. The summed E-state index contributed by atoms with van der Waals surface area (Å²) in [4.78, 5) is -0.925. The fourth-order valence-corrected chi connectivity index (χ4v) is 2.88. The summed E-state index contributed by atoms with van der Waals surface area (Å²) in [5.74, 6) is -3.72. The molecule has 3 N–H and O–H groups in total. The molecule has 0 radical (unpaired) electrons. The summed E-state index contributed by atoms with van der Waals surface area (Å²) in [7, 11) is -4.48. The van der Waals surface area contributed by atoms with Gasteiger partial charge in [0.2, 0.25) is 0 Å². The van der Waals surface area contributed by atoms with Gasteiger partial charge in [0.1, 0.15) is 10.7 Å². The van der Waals surface area contributed by atoms with Gasteiger partial charge in [-0.25, -0.2) is 21.6 Å². The van der Waals surface area contributed by atoms with Gasteiger partial charge in [0.25, 0.3) is 10.0 Å². The number of benzene rings is 2. The highest BCUT2D eigenvalue weighted by Crippen LogP contribution is 2.23. The van der Waals surface area contributed by atoms with E-state index in [9.17, 15) is 21.6 Å². The highest BCUT2D eigenvalue weighted by molar-refractivity contribution is 7.92. The van der Waals surface area contributed by atoms with E-state index in [0.29, 0.717) is 0 Å². The molecule has 8 heteroatoms. The molecular weight excluding hydrogens is 305 g/mol. The van der Waals surface area contributed by atoms with Crippen LogP contribution in [0.15, 0.2) is 41.3 Å². The van der Waals surface area contributed by atoms with Crippen LogP contribution in [0.25, 0.3) is 0 Å². The third-order valence-electron chi connectivity index (χ3n) is 2.70. The van der Waals surface area contributed by atoms with Crippen molar-refractivity contribution in [3.8, 4) is 0 Å². The Hall–Kier alpha value is -2.06. The number of halogens is 3. The van der Waals surface area contributed by atoms with Crippen molar-refractivity contribution >= 4 is 15.7 Å². The van der Waals surface area contributed by atoms with Gasteiger partial charge in [-0.2, -0.15) is 0 Å². The molecule has 0 unspecified atom stereocenters. The molecule has 2 aromatic rings. The van der Waals surface area contributed by atoms with E-state index in [1.807, 2.05) is 4.72 Å². The van der Waals surface area contributed by atoms with Gasteiger partial charge in [-0.3, -0.25) is 4.72 Å². The number of rotatable bonds is 4. The second kappa shape index (κ2) is 5.74. The van der Waals surface area contributed by atoms with Gasteiger partial charge in [-0.05, 0) is 29.8 Å². The second-order valence-electron chi connectivity index (χ2n) is 4.18. The lowest BCUT2D eigenvalue weighted by molar-refractivity contribution is 0.483. The van der Waals surface area contributed by atoms with Crippen LogP contribution in [0.3, 0.4) is 0 Å². The zero-order valence-electron chi connectivity index (χ0n) is 10.6. The predicted octanol–water partition coefficient (Wildman–Crippen LogP) is 2.36. The fraction of sp³-hybridized carbons (Fsp3) is 0.0769. The molecule has 0 bridgehead atoms. The minimum absolute atomic E-state index is 0.0998. The lowest BCUT2D eigenvalue weighted by Gasteiger charge is -2.11. The van der Waals surface area contributed by atoms with Crippen molar-refractivity contribution in [1.29, 1.82) is 0 Å². The van der Waals surface area contributed by atoms with E-state index < -0.39 is 32.4 Å². The van der Waals surface area contributed by atoms with Crippen LogP contribution in [0.5, 0.6) is 0 Å². The number of anilines is 1. The second-order valence-corrected chi connectivity index (χ2v) is 5.83. The van der Waals surface area contributed by atoms with E-state index in [1.54, 1.807) is 0 Å². The quantitative estimate of drug-likeness (QED) is 0.909. The van der Waals surface area contributed by atoms with Gasteiger partial charge in [-0.15, -0.1) is 0 Å². The number of nitrogens with one attached hydrogen (secondary N) is 1. The number of sulfonamides is 1. The Bertz CT molecular complexity index is 779. The summed E-state index contributed by atoms with van der Waals surface area (Å²) < 4.78 is 66.5. The molecule has 4 nitrogen and oxygen atoms in total. The predicted molar refractivity (Wildman–Crippen MR) is 71.5 cm³/mol. The summed E-state index contributed by atoms with van der Waals surface area (Å²) >= 11 is 0. The molecule has 0 fully saturated rings. The van der Waals surface area contributed by atoms with Crippen LogP contribution in [-0.4, -0.2) is 8.42 Å². The van der Waals surface area contributed by atoms with Crippen molar-refractivity contribution in [2.75, 3.05) is 4.72 Å². The number of para-hydroxylation sites is 1. The molecule has 0 aliphatic carbocycles. The maximum Gasteiger partial charge on any atom is 0.265 e. The largest absolute Gasteiger partial charge is 0.326 e. The van der Waals surface area contributed by atoms with Crippen molar-refractivity contribution in [3.05, 3.63) is 59.4 Å². The molecule has 0 aromatic heterocycles. The molecule has 2 rings (SSSR count). The van der Waals surface area contributed by atoms with E-state index in [0.717, 1.165) is 24.3 Å². The van der Waals surface area contributed by atoms with Crippen LogP contribution < -0.4 is 10.5 Å². The van der Waals surface area contributed by atoms with E-state index in [1.165, 1.54) is 12.1 Å². The van der Waals surface area contributed by atoms with Gasteiger partial charge >= 0.3 is 0 Å². The number of hydrogen-bond acceptors (Lipinski definition) is 3. The zero-order chi connectivity index (χ0) is 15.6. The Morgan fingerprint density at radius 1 is 1.05 bits per heavy atom. The van der Waals surface area contributed by atoms with Crippen molar-refractivity contribution in [1.82, 2.24) is 0 Å². The highest BCUT2D eigenvalue weighted by Gasteiger charge is 2.23. The lowest BCUT2D eigenvalue weighted by atomic mass is 10.2. The Labute approximate surface area is 119 Å². The standard InChI is InChI=1S/C13H11F3N2O2S/c14-9-3-1-2-4-11(9)18-21(19,20)12-6-8(7-17)5-10(15)13(12)16/h1-6,18H,7,17H2. The average Bonchev–Trinajstić information content (AvgIpc) is 2.43. The zero-order valence-corrected chi connectivity index (χ0v) is 11.4. The van der Waals surface area contributed by atoms with E-state index in [-0.39, 0.29) is 17.8 Å². The monoisotopic (exact) mass is 316 g/mol. The van der Waals surface area contributed by atoms with Crippen LogP contribution in [0.2, 0.25) is 0 Å². The minimum atomic E-state index is -4.48. The summed E-state index contributed by atoms with van der Waals surface area (Å²) in [6, 6.07) is 6.66. The maximum absolute atomic E-state index is 13.7. The van der Waals surface area contributed by atoms with Crippen LogP contribution in [0, 0.1) is 17.5 Å². The van der Waals surface area contributed by atoms with Crippen molar-refractivity contribution < 1.29 is 21.6 Å². The van der Waals surface area contributed by atoms with E-state index >= 15 is 0 Å². The van der Waals surface area contributed by atoms with Crippen molar-refractivity contribution in [2.24, 2.45) is 5.73 Å². The van der Waals surface area contributed by atoms with Gasteiger partial charge in [0, 0.05) is 6.54 Å². The smallest absolute Gasteiger partial charge is 0.265 e. The molecule has 0 atom stereocenters. The Kier molecular flexibility index (Phi) is 4.19. The third kappa shape index (κ3) is 3.17. The minimum Gasteiger partial charge on any atom is -0.326 e. The molecule has 112 valence electrons. The molecule has 0 aliphatic heterocycles. The van der Waals surface area contributed by atoms with E-state index in [4.69, 9.17) is 5.73 Å². The van der Waals surface area contributed by atoms with E-state index in [2.05, 4.69) is 0 Å².